The molecule has 24 heavy (non-hydrogen) atoms. The fraction of sp³-hybridized carbons (Fsp3) is 0.556. The quantitative estimate of drug-likeness (QED) is 0.942. The zero-order chi connectivity index (χ0) is 16.1. The highest BCUT2D eigenvalue weighted by molar-refractivity contribution is 5.95. The van der Waals surface area contributed by atoms with E-state index in [1.807, 2.05) is 0 Å². The van der Waals surface area contributed by atoms with Crippen LogP contribution in [0.15, 0.2) is 31.1 Å². The van der Waals surface area contributed by atoms with Crippen molar-refractivity contribution in [3.63, 3.8) is 0 Å². The third kappa shape index (κ3) is 2.24. The van der Waals surface area contributed by atoms with Gasteiger partial charge in [0.1, 0.15) is 6.33 Å². The smallest absolute Gasteiger partial charge is 0.234 e. The Hall–Kier alpha value is -2.24. The number of anilines is 1. The Morgan fingerprint density at radius 3 is 2.25 bits per heavy atom. The van der Waals surface area contributed by atoms with E-state index in [9.17, 15) is 4.79 Å². The Labute approximate surface area is 140 Å². The second-order valence-electron chi connectivity index (χ2n) is 7.89. The van der Waals surface area contributed by atoms with Gasteiger partial charge in [0, 0.05) is 12.4 Å². The third-order valence-corrected chi connectivity index (χ3v) is 6.15. The minimum Gasteiger partial charge on any atom is -0.323 e. The molecule has 1 N–H and O–H groups in total. The number of aromatic nitrogens is 4. The Morgan fingerprint density at radius 1 is 1.08 bits per heavy atom. The van der Waals surface area contributed by atoms with Crippen molar-refractivity contribution in [2.45, 2.75) is 38.5 Å². The fourth-order valence-electron chi connectivity index (χ4n) is 5.55. The first-order chi connectivity index (χ1) is 11.7. The molecular formula is C18H21N5O. The molecule has 4 aliphatic carbocycles. The van der Waals surface area contributed by atoms with Gasteiger partial charge in [0.15, 0.2) is 0 Å². The Kier molecular flexibility index (Phi) is 3.02. The van der Waals surface area contributed by atoms with Gasteiger partial charge in [-0.25, -0.2) is 15.0 Å². The molecule has 2 heterocycles. The first-order valence-corrected chi connectivity index (χ1v) is 8.82. The molecule has 6 heteroatoms. The number of hydrogen-bond acceptors (Lipinski definition) is 4. The highest BCUT2D eigenvalue weighted by Gasteiger charge is 2.54. The minimum absolute atomic E-state index is 0.141. The molecule has 4 fully saturated rings. The minimum atomic E-state index is -0.141. The molecule has 4 bridgehead atoms. The van der Waals surface area contributed by atoms with Gasteiger partial charge in [-0.1, -0.05) is 0 Å². The molecule has 6 rings (SSSR count). The van der Waals surface area contributed by atoms with E-state index < -0.39 is 0 Å². The average Bonchev–Trinajstić information content (AvgIpc) is 3.09. The van der Waals surface area contributed by atoms with Gasteiger partial charge < -0.3 is 5.32 Å². The van der Waals surface area contributed by atoms with Crippen LogP contribution >= 0.6 is 0 Å². The maximum Gasteiger partial charge on any atom is 0.234 e. The first kappa shape index (κ1) is 14.1. The summed E-state index contributed by atoms with van der Waals surface area (Å²) in [6, 6.07) is 0. The van der Waals surface area contributed by atoms with E-state index in [1.165, 1.54) is 19.3 Å². The molecule has 6 nitrogen and oxygen atoms in total. The molecule has 0 saturated heterocycles. The van der Waals surface area contributed by atoms with Crippen LogP contribution in [0.5, 0.6) is 0 Å². The number of amides is 1. The second-order valence-corrected chi connectivity index (χ2v) is 7.89. The molecule has 0 unspecified atom stereocenters. The summed E-state index contributed by atoms with van der Waals surface area (Å²) in [5, 5.41) is 3.08. The number of carbonyl (C=O) groups is 1. The lowest BCUT2D eigenvalue weighted by Gasteiger charge is -2.55. The molecule has 0 aliphatic heterocycles. The van der Waals surface area contributed by atoms with Crippen molar-refractivity contribution in [3.8, 4) is 5.95 Å². The fourth-order valence-corrected chi connectivity index (χ4v) is 5.55. The highest BCUT2D eigenvalue weighted by Crippen LogP contribution is 2.60. The van der Waals surface area contributed by atoms with Crippen LogP contribution in [0.2, 0.25) is 0 Å². The van der Waals surface area contributed by atoms with Crippen LogP contribution in [0.4, 0.5) is 5.69 Å². The third-order valence-electron chi connectivity index (χ3n) is 6.15. The summed E-state index contributed by atoms with van der Waals surface area (Å²) in [6.07, 6.45) is 15.7. The van der Waals surface area contributed by atoms with Crippen LogP contribution in [-0.4, -0.2) is 25.4 Å². The number of carbonyl (C=O) groups excluding carboxylic acids is 1. The van der Waals surface area contributed by atoms with E-state index in [0.29, 0.717) is 11.6 Å². The molecule has 0 spiro atoms. The van der Waals surface area contributed by atoms with Crippen LogP contribution in [-0.2, 0) is 4.79 Å². The monoisotopic (exact) mass is 323 g/mol. The van der Waals surface area contributed by atoms with Gasteiger partial charge in [-0.2, -0.15) is 0 Å². The summed E-state index contributed by atoms with van der Waals surface area (Å²) < 4.78 is 1.74. The standard InChI is InChI=1S/C18H21N5O/c24-16(18-6-12-3-13(7-18)5-14(4-12)8-18)22-15-9-20-17(21-10-15)23-2-1-19-11-23/h1-2,9-14H,3-8H2,(H,22,24). The van der Waals surface area contributed by atoms with Crippen LogP contribution in [0, 0.1) is 23.2 Å². The summed E-state index contributed by atoms with van der Waals surface area (Å²) in [5.74, 6) is 3.03. The van der Waals surface area contributed by atoms with Crippen LogP contribution in [0.25, 0.3) is 5.95 Å². The van der Waals surface area contributed by atoms with E-state index in [1.54, 1.807) is 35.7 Å². The van der Waals surface area contributed by atoms with Gasteiger partial charge in [0.25, 0.3) is 0 Å². The lowest BCUT2D eigenvalue weighted by atomic mass is 9.49. The van der Waals surface area contributed by atoms with Crippen molar-refractivity contribution in [2.24, 2.45) is 23.2 Å². The topological polar surface area (TPSA) is 72.7 Å². The number of rotatable bonds is 3. The summed E-state index contributed by atoms with van der Waals surface area (Å²) in [7, 11) is 0. The molecule has 124 valence electrons. The zero-order valence-corrected chi connectivity index (χ0v) is 13.6. The van der Waals surface area contributed by atoms with Crippen molar-refractivity contribution in [1.29, 1.82) is 0 Å². The summed E-state index contributed by atoms with van der Waals surface area (Å²) in [5.41, 5.74) is 0.539. The van der Waals surface area contributed by atoms with Gasteiger partial charge in [0.05, 0.1) is 23.5 Å². The summed E-state index contributed by atoms with van der Waals surface area (Å²) >= 11 is 0. The lowest BCUT2D eigenvalue weighted by molar-refractivity contribution is -0.140. The first-order valence-electron chi connectivity index (χ1n) is 8.82. The molecule has 4 saturated carbocycles. The normalized spacial score (nSPS) is 33.6. The molecule has 4 aliphatic rings. The van der Waals surface area contributed by atoms with E-state index in [0.717, 1.165) is 37.0 Å². The van der Waals surface area contributed by atoms with Gasteiger partial charge in [-0.05, 0) is 56.3 Å². The molecular weight excluding hydrogens is 302 g/mol. The number of nitrogens with one attached hydrogen (secondary N) is 1. The van der Waals surface area contributed by atoms with Gasteiger partial charge in [-0.3, -0.25) is 9.36 Å². The van der Waals surface area contributed by atoms with Crippen molar-refractivity contribution in [3.05, 3.63) is 31.1 Å². The number of imidazole rings is 1. The number of hydrogen-bond donors (Lipinski definition) is 1. The van der Waals surface area contributed by atoms with Gasteiger partial charge >= 0.3 is 0 Å². The van der Waals surface area contributed by atoms with E-state index >= 15 is 0 Å². The molecule has 0 radical (unpaired) electrons. The van der Waals surface area contributed by atoms with Crippen molar-refractivity contribution in [1.82, 2.24) is 19.5 Å². The Morgan fingerprint density at radius 2 is 1.71 bits per heavy atom. The molecule has 2 aromatic heterocycles. The largest absolute Gasteiger partial charge is 0.323 e. The van der Waals surface area contributed by atoms with E-state index in [2.05, 4.69) is 20.3 Å². The van der Waals surface area contributed by atoms with E-state index in [-0.39, 0.29) is 11.3 Å². The molecule has 1 amide bonds. The summed E-state index contributed by atoms with van der Waals surface area (Å²) in [4.78, 5) is 25.6. The average molecular weight is 323 g/mol. The predicted octanol–water partition coefficient (Wildman–Crippen LogP) is 2.82. The molecule has 0 atom stereocenters. The van der Waals surface area contributed by atoms with Crippen molar-refractivity contribution >= 4 is 11.6 Å². The van der Waals surface area contributed by atoms with Crippen molar-refractivity contribution in [2.75, 3.05) is 5.32 Å². The number of nitrogens with zero attached hydrogens (tertiary/aromatic N) is 4. The maximum absolute atomic E-state index is 13.0. The van der Waals surface area contributed by atoms with Gasteiger partial charge in [-0.15, -0.1) is 0 Å². The zero-order valence-electron chi connectivity index (χ0n) is 13.6. The summed E-state index contributed by atoms with van der Waals surface area (Å²) in [6.45, 7) is 0. The maximum atomic E-state index is 13.0. The SMILES string of the molecule is O=C(Nc1cnc(-n2ccnc2)nc1)C12CC3CC(CC(C3)C1)C2. The molecule has 0 aromatic carbocycles. The molecule has 2 aromatic rings. The second kappa shape index (κ2) is 5.13. The van der Waals surface area contributed by atoms with Crippen LogP contribution in [0.1, 0.15) is 38.5 Å². The van der Waals surface area contributed by atoms with Crippen LogP contribution in [0.3, 0.4) is 0 Å². The Bertz CT molecular complexity index is 717. The highest BCUT2D eigenvalue weighted by atomic mass is 16.2. The van der Waals surface area contributed by atoms with Gasteiger partial charge in [0.2, 0.25) is 11.9 Å². The van der Waals surface area contributed by atoms with Crippen molar-refractivity contribution < 1.29 is 4.79 Å². The lowest BCUT2D eigenvalue weighted by Crippen LogP contribution is -2.51. The Balaban J connectivity index is 1.33. The van der Waals surface area contributed by atoms with Crippen LogP contribution < -0.4 is 5.32 Å². The predicted molar refractivity (Wildman–Crippen MR) is 88.4 cm³/mol. The van der Waals surface area contributed by atoms with E-state index in [4.69, 9.17) is 0 Å².